The lowest BCUT2D eigenvalue weighted by molar-refractivity contribution is -0.161. The summed E-state index contributed by atoms with van der Waals surface area (Å²) in [5.74, 6) is -2.28. The van der Waals surface area contributed by atoms with Gasteiger partial charge in [0.2, 0.25) is 0 Å². The second-order valence-electron chi connectivity index (χ2n) is 25.5. The fourth-order valence-electron chi connectivity index (χ4n) is 9.97. The Hall–Kier alpha value is -5.06. The molecule has 19 heteroatoms. The summed E-state index contributed by atoms with van der Waals surface area (Å²) in [7, 11) is -9.98. The summed E-state index contributed by atoms with van der Waals surface area (Å²) < 4.78 is 68.5. The number of aliphatic hydroxyl groups is 1. The van der Waals surface area contributed by atoms with Crippen LogP contribution in [0.1, 0.15) is 297 Å². The highest BCUT2D eigenvalue weighted by Gasteiger charge is 2.30. The monoisotopic (exact) mass is 1470 g/mol. The molecule has 0 aliphatic rings. The Kier molecular flexibility index (Phi) is 70.5. The molecule has 0 aliphatic heterocycles. The van der Waals surface area contributed by atoms with E-state index in [0.29, 0.717) is 32.1 Å². The van der Waals surface area contributed by atoms with E-state index in [1.807, 2.05) is 12.2 Å². The van der Waals surface area contributed by atoms with Crippen LogP contribution in [0.5, 0.6) is 0 Å². The lowest BCUT2D eigenvalue weighted by atomic mass is 10.1. The number of hydrogen-bond donors (Lipinski definition) is 3. The molecule has 0 aromatic heterocycles. The first-order valence-electron chi connectivity index (χ1n) is 39.1. The Morgan fingerprint density at radius 3 is 0.824 bits per heavy atom. The number of allylic oxidation sites excluding steroid dienone is 24. The summed E-state index contributed by atoms with van der Waals surface area (Å²) in [5.41, 5.74) is 0. The van der Waals surface area contributed by atoms with Gasteiger partial charge < -0.3 is 33.8 Å². The highest BCUT2D eigenvalue weighted by Crippen LogP contribution is 2.45. The summed E-state index contributed by atoms with van der Waals surface area (Å²) in [5, 5.41) is 10.6. The third-order valence-electron chi connectivity index (χ3n) is 15.8. The Bertz CT molecular complexity index is 2510. The van der Waals surface area contributed by atoms with Gasteiger partial charge in [0.25, 0.3) is 0 Å². The van der Waals surface area contributed by atoms with Crippen LogP contribution in [0.15, 0.2) is 146 Å². The first-order valence-corrected chi connectivity index (χ1v) is 42.1. The zero-order valence-electron chi connectivity index (χ0n) is 63.5. The van der Waals surface area contributed by atoms with Crippen molar-refractivity contribution in [1.29, 1.82) is 0 Å². The number of carbonyl (C=O) groups is 4. The summed E-state index contributed by atoms with van der Waals surface area (Å²) in [6, 6.07) is 0. The lowest BCUT2D eigenvalue weighted by Crippen LogP contribution is -2.30. The van der Waals surface area contributed by atoms with Gasteiger partial charge in [-0.05, 0) is 135 Å². The number of phosphoric acid groups is 2. The molecule has 0 saturated carbocycles. The molecule has 582 valence electrons. The Morgan fingerprint density at radius 2 is 0.520 bits per heavy atom. The topological polar surface area (TPSA) is 237 Å². The van der Waals surface area contributed by atoms with Crippen LogP contribution in [-0.2, 0) is 65.4 Å². The first kappa shape index (κ1) is 96.9. The number of carbonyl (C=O) groups excluding carboxylic acids is 4. The van der Waals surface area contributed by atoms with Crippen molar-refractivity contribution in [2.45, 2.75) is 316 Å². The van der Waals surface area contributed by atoms with Crippen LogP contribution >= 0.6 is 15.6 Å². The van der Waals surface area contributed by atoms with Gasteiger partial charge in [-0.25, -0.2) is 9.13 Å². The molecular formula is C83H138O17P2. The van der Waals surface area contributed by atoms with E-state index in [1.54, 1.807) is 0 Å². The molecule has 0 fully saturated rings. The second kappa shape index (κ2) is 74.2. The molecule has 5 unspecified atom stereocenters. The quantitative estimate of drug-likeness (QED) is 0.0169. The van der Waals surface area contributed by atoms with E-state index in [-0.39, 0.29) is 25.7 Å². The number of esters is 4. The van der Waals surface area contributed by atoms with Gasteiger partial charge in [0.05, 0.1) is 26.4 Å². The molecule has 0 aliphatic carbocycles. The van der Waals surface area contributed by atoms with E-state index in [2.05, 4.69) is 161 Å². The van der Waals surface area contributed by atoms with E-state index < -0.39 is 97.5 Å². The van der Waals surface area contributed by atoms with Crippen molar-refractivity contribution < 1.29 is 80.2 Å². The van der Waals surface area contributed by atoms with E-state index in [4.69, 9.17) is 37.0 Å². The zero-order chi connectivity index (χ0) is 74.6. The second-order valence-corrected chi connectivity index (χ2v) is 28.4. The molecule has 0 amide bonds. The minimum Gasteiger partial charge on any atom is -0.462 e. The number of ether oxygens (including phenoxy) is 4. The average molecular weight is 1470 g/mol. The maximum absolute atomic E-state index is 13.1. The van der Waals surface area contributed by atoms with E-state index in [9.17, 15) is 43.2 Å². The molecule has 3 N–H and O–H groups in total. The number of aliphatic hydroxyl groups excluding tert-OH is 1. The van der Waals surface area contributed by atoms with Crippen LogP contribution < -0.4 is 0 Å². The molecule has 0 radical (unpaired) electrons. The molecule has 5 atom stereocenters. The van der Waals surface area contributed by atoms with E-state index >= 15 is 0 Å². The molecule has 0 heterocycles. The van der Waals surface area contributed by atoms with Crippen LogP contribution in [-0.4, -0.2) is 96.7 Å². The minimum atomic E-state index is -5.00. The smallest absolute Gasteiger partial charge is 0.462 e. The predicted octanol–water partition coefficient (Wildman–Crippen LogP) is 22.7. The van der Waals surface area contributed by atoms with Crippen molar-refractivity contribution >= 4 is 39.5 Å². The summed E-state index contributed by atoms with van der Waals surface area (Å²) in [6.07, 6.45) is 84.1. The molecule has 0 spiro atoms. The molecule has 0 bridgehead atoms. The van der Waals surface area contributed by atoms with Crippen molar-refractivity contribution in [3.8, 4) is 0 Å². The normalized spacial score (nSPS) is 14.7. The molecule has 0 saturated heterocycles. The van der Waals surface area contributed by atoms with Crippen LogP contribution in [0.3, 0.4) is 0 Å². The van der Waals surface area contributed by atoms with Crippen molar-refractivity contribution in [2.24, 2.45) is 0 Å². The molecule has 0 rings (SSSR count). The molecule has 0 aromatic rings. The van der Waals surface area contributed by atoms with Gasteiger partial charge in [-0.2, -0.15) is 0 Å². The maximum Gasteiger partial charge on any atom is 0.472 e. The average Bonchev–Trinajstić information content (AvgIpc) is 0.944. The molecule has 17 nitrogen and oxygen atoms in total. The predicted molar refractivity (Wildman–Crippen MR) is 417 cm³/mol. The van der Waals surface area contributed by atoms with Gasteiger partial charge >= 0.3 is 39.5 Å². The van der Waals surface area contributed by atoms with E-state index in [1.165, 1.54) is 38.5 Å². The maximum atomic E-state index is 13.1. The van der Waals surface area contributed by atoms with Crippen molar-refractivity contribution in [3.63, 3.8) is 0 Å². The summed E-state index contributed by atoms with van der Waals surface area (Å²) >= 11 is 0. The van der Waals surface area contributed by atoms with Crippen LogP contribution in [0.4, 0.5) is 0 Å². The number of phosphoric ester groups is 2. The molecular weight excluding hydrogens is 1330 g/mol. The highest BCUT2D eigenvalue weighted by atomic mass is 31.2. The lowest BCUT2D eigenvalue weighted by Gasteiger charge is -2.21. The third kappa shape index (κ3) is 73.3. The highest BCUT2D eigenvalue weighted by molar-refractivity contribution is 7.47. The number of rotatable bonds is 72. The van der Waals surface area contributed by atoms with Crippen LogP contribution in [0.2, 0.25) is 0 Å². The zero-order valence-corrected chi connectivity index (χ0v) is 65.3. The summed E-state index contributed by atoms with van der Waals surface area (Å²) in [6.45, 7) is 4.43. The van der Waals surface area contributed by atoms with Crippen molar-refractivity contribution in [2.75, 3.05) is 39.6 Å². The Labute approximate surface area is 617 Å². The van der Waals surface area contributed by atoms with Gasteiger partial charge in [-0.3, -0.25) is 37.3 Å². The van der Waals surface area contributed by atoms with Crippen LogP contribution in [0, 0.1) is 0 Å². The van der Waals surface area contributed by atoms with Crippen molar-refractivity contribution in [1.82, 2.24) is 0 Å². The van der Waals surface area contributed by atoms with Crippen molar-refractivity contribution in [3.05, 3.63) is 146 Å². The number of hydrogen-bond acceptors (Lipinski definition) is 15. The first-order chi connectivity index (χ1) is 49.7. The largest absolute Gasteiger partial charge is 0.472 e. The van der Waals surface area contributed by atoms with Gasteiger partial charge in [-0.1, -0.05) is 283 Å². The third-order valence-corrected chi connectivity index (χ3v) is 17.7. The van der Waals surface area contributed by atoms with Gasteiger partial charge in [0, 0.05) is 25.7 Å². The fourth-order valence-corrected chi connectivity index (χ4v) is 11.5. The van der Waals surface area contributed by atoms with Gasteiger partial charge in [0.1, 0.15) is 19.3 Å². The standard InChI is InChI=1S/C83H138O17P2/c1-5-9-13-17-21-25-29-32-35-37-38-40-43-45-49-52-56-60-64-68-80(85)93-73-78(99-82(87)69-65-61-57-53-47-28-24-20-16-12-8-4)75-97-101(89,90)95-71-77(84)72-96-102(91,92)98-76-79(100-83(88)70-66-62-58-54-50-46-41-34-31-27-23-19-15-11-7-3)74-94-81(86)67-63-59-55-51-48-44-42-39-36-33-30-26-22-18-14-10-6-2/h9-11,13-15,21-23,25-27,32-36,38,40-42,44,51,55,77-79,84H,5-8,12,16-20,24,28-31,37,39,43,45-50,52-54,56-76H2,1-4H3,(H,89,90)(H,91,92)/b13-9-,14-10-,15-11-,25-21-,26-22-,27-23-,35-32-,36-33-,40-38-,41-34-,44-42-,55-51-. The SMILES string of the molecule is CC/C=C\C/C=C\C/C=C\C/C=C\C/C=C\CCCC(=O)OCC(COP(=O)(O)OCC(O)COP(=O)(O)OCC(COC(=O)CCCCCCCC/C=C\C/C=C\C/C=C\C/C=C\CC)OC(=O)CCCCCCCCCCCCC)OC(=O)CCCCCCC/C=C\C/C=C\C/C=C\CC. The minimum absolute atomic E-state index is 0.0594. The van der Waals surface area contributed by atoms with E-state index in [0.717, 1.165) is 173 Å². The number of unbranched alkanes of at least 4 members (excludes halogenated alkanes) is 22. The molecule has 102 heavy (non-hydrogen) atoms. The van der Waals surface area contributed by atoms with Gasteiger partial charge in [-0.15, -0.1) is 0 Å². The van der Waals surface area contributed by atoms with Crippen LogP contribution in [0.25, 0.3) is 0 Å². The summed E-state index contributed by atoms with van der Waals surface area (Å²) in [4.78, 5) is 72.9. The Balaban J connectivity index is 5.39. The fraction of sp³-hybridized carbons (Fsp3) is 0.663. The molecule has 0 aromatic carbocycles. The Morgan fingerprint density at radius 1 is 0.284 bits per heavy atom. The van der Waals surface area contributed by atoms with Gasteiger partial charge in [0.15, 0.2) is 12.2 Å².